The summed E-state index contributed by atoms with van der Waals surface area (Å²) in [5, 5.41) is 21.0. The maximum Gasteiger partial charge on any atom is 0.327 e. The molecule has 2 aliphatic rings. The number of nitrogens with zero attached hydrogens (tertiary/aromatic N) is 2. The zero-order valence-electron chi connectivity index (χ0n) is 19.0. The normalized spacial score (nSPS) is 19.6. The molecule has 2 rings (SSSR count). The number of aldehydes is 1. The lowest BCUT2D eigenvalue weighted by atomic mass is 10.1. The predicted octanol–water partition coefficient (Wildman–Crippen LogP) is 0.815. The molecule has 32 heavy (non-hydrogen) atoms. The Morgan fingerprint density at radius 1 is 1.38 bits per heavy atom. The second-order valence-electron chi connectivity index (χ2n) is 7.87. The molecule has 0 fully saturated rings. The summed E-state index contributed by atoms with van der Waals surface area (Å²) >= 11 is 0. The summed E-state index contributed by atoms with van der Waals surface area (Å²) in [7, 11) is 1.95. The van der Waals surface area contributed by atoms with Crippen molar-refractivity contribution >= 4 is 12.3 Å². The Hall–Kier alpha value is -3.24. The highest BCUT2D eigenvalue weighted by Gasteiger charge is 2.24. The van der Waals surface area contributed by atoms with Gasteiger partial charge in [-0.25, -0.2) is 4.79 Å². The summed E-state index contributed by atoms with van der Waals surface area (Å²) < 4.78 is 5.30. The van der Waals surface area contributed by atoms with Crippen molar-refractivity contribution in [3.8, 4) is 0 Å². The van der Waals surface area contributed by atoms with E-state index in [0.717, 1.165) is 30.5 Å². The molecule has 2 aliphatic heterocycles. The first-order valence-electron chi connectivity index (χ1n) is 10.4. The number of hydrogen-bond donors (Lipinski definition) is 5. The fourth-order valence-electron chi connectivity index (χ4n) is 2.89. The number of carbonyl (C=O) groups excluding carboxylic acids is 2. The first-order chi connectivity index (χ1) is 15.2. The van der Waals surface area contributed by atoms with Gasteiger partial charge in [-0.05, 0) is 45.4 Å². The summed E-state index contributed by atoms with van der Waals surface area (Å²) in [6.45, 7) is 6.03. The minimum Gasteiger partial charge on any atom is -0.475 e. The molecular formula is C22H33N5O5. The van der Waals surface area contributed by atoms with Gasteiger partial charge in [-0.15, -0.1) is 0 Å². The van der Waals surface area contributed by atoms with Gasteiger partial charge in [0.15, 0.2) is 0 Å². The second kappa shape index (κ2) is 12.0. The van der Waals surface area contributed by atoms with Crippen LogP contribution in [0.3, 0.4) is 0 Å². The largest absolute Gasteiger partial charge is 0.475 e. The minimum atomic E-state index is -0.972. The fourth-order valence-corrected chi connectivity index (χ4v) is 2.89. The lowest BCUT2D eigenvalue weighted by Gasteiger charge is -2.26. The maximum absolute atomic E-state index is 13.0. The SMILES string of the molecule is CC(C)=C(C=O)/C=C\C1=CN(C(=O)NC2=CC=C(OC[C@@H](O)CO)NN2)C(C)CCN1C. The van der Waals surface area contributed by atoms with E-state index >= 15 is 0 Å². The molecule has 0 aromatic rings. The zero-order chi connectivity index (χ0) is 23.7. The topological polar surface area (TPSA) is 126 Å². The van der Waals surface area contributed by atoms with Crippen LogP contribution in [-0.2, 0) is 9.53 Å². The van der Waals surface area contributed by atoms with Crippen molar-refractivity contribution in [3.63, 3.8) is 0 Å². The van der Waals surface area contributed by atoms with E-state index in [9.17, 15) is 14.7 Å². The summed E-state index contributed by atoms with van der Waals surface area (Å²) in [5.41, 5.74) is 7.92. The van der Waals surface area contributed by atoms with E-state index in [1.807, 2.05) is 38.8 Å². The number of likely N-dealkylation sites (N-methyl/N-ethyl adjacent to an activating group) is 1. The van der Waals surface area contributed by atoms with Crippen LogP contribution in [0.15, 0.2) is 59.1 Å². The van der Waals surface area contributed by atoms with Gasteiger partial charge < -0.3 is 19.8 Å². The van der Waals surface area contributed by atoms with Gasteiger partial charge in [-0.3, -0.25) is 25.9 Å². The van der Waals surface area contributed by atoms with Gasteiger partial charge in [0.1, 0.15) is 24.8 Å². The molecule has 5 N–H and O–H groups in total. The van der Waals surface area contributed by atoms with Crippen molar-refractivity contribution in [2.45, 2.75) is 39.3 Å². The summed E-state index contributed by atoms with van der Waals surface area (Å²) in [6, 6.07) is -0.352. The molecule has 0 aliphatic carbocycles. The van der Waals surface area contributed by atoms with E-state index in [1.54, 1.807) is 29.3 Å². The van der Waals surface area contributed by atoms with Crippen molar-refractivity contribution in [1.29, 1.82) is 0 Å². The molecule has 10 heteroatoms. The second-order valence-corrected chi connectivity index (χ2v) is 7.87. The summed E-state index contributed by atoms with van der Waals surface area (Å²) in [4.78, 5) is 27.9. The standard InChI is InChI=1S/C22H33N5O5/c1-15(2)17(12-28)5-6-18-11-27(16(3)9-10-26(18)4)22(31)23-20-7-8-21(25-24-20)32-14-19(30)13-29/h5-8,11-12,16,19,24-25,29-30H,9-10,13-14H2,1-4H3,(H,23,31)/b6-5-/t16?,19-/m0/s1. The number of nitrogens with one attached hydrogen (secondary N) is 3. The smallest absolute Gasteiger partial charge is 0.327 e. The van der Waals surface area contributed by atoms with Crippen molar-refractivity contribution < 1.29 is 24.5 Å². The molecule has 0 saturated heterocycles. The van der Waals surface area contributed by atoms with Crippen molar-refractivity contribution in [2.75, 3.05) is 26.8 Å². The van der Waals surface area contributed by atoms with Crippen molar-refractivity contribution in [3.05, 3.63) is 59.1 Å². The highest BCUT2D eigenvalue weighted by Crippen LogP contribution is 2.18. The van der Waals surface area contributed by atoms with Crippen LogP contribution < -0.4 is 16.2 Å². The Labute approximate surface area is 188 Å². The number of allylic oxidation sites excluding steroid dienone is 6. The van der Waals surface area contributed by atoms with Gasteiger partial charge in [0, 0.05) is 37.5 Å². The van der Waals surface area contributed by atoms with Gasteiger partial charge >= 0.3 is 6.03 Å². The lowest BCUT2D eigenvalue weighted by Crippen LogP contribution is -2.47. The Balaban J connectivity index is 2.11. The van der Waals surface area contributed by atoms with Gasteiger partial charge in [0.05, 0.1) is 12.3 Å². The van der Waals surface area contributed by atoms with E-state index in [1.165, 1.54) is 0 Å². The molecule has 0 aromatic heterocycles. The van der Waals surface area contributed by atoms with Crippen LogP contribution in [0.4, 0.5) is 4.79 Å². The Bertz CT molecular complexity index is 842. The Morgan fingerprint density at radius 2 is 2.12 bits per heavy atom. The Kier molecular flexibility index (Phi) is 9.36. The van der Waals surface area contributed by atoms with Crippen LogP contribution >= 0.6 is 0 Å². The van der Waals surface area contributed by atoms with Crippen LogP contribution in [0.25, 0.3) is 0 Å². The minimum absolute atomic E-state index is 0.0381. The first kappa shape index (κ1) is 25.0. The molecule has 0 bridgehead atoms. The number of hydrazine groups is 1. The number of aliphatic hydroxyl groups is 2. The fraction of sp³-hybridized carbons (Fsp3) is 0.455. The molecule has 2 amide bonds. The first-order valence-corrected chi connectivity index (χ1v) is 10.4. The number of amides is 2. The molecular weight excluding hydrogens is 414 g/mol. The van der Waals surface area contributed by atoms with Gasteiger partial charge in [0.25, 0.3) is 0 Å². The average Bonchev–Trinajstić information content (AvgIpc) is 2.92. The third kappa shape index (κ3) is 7.17. The van der Waals surface area contributed by atoms with Gasteiger partial charge in [-0.2, -0.15) is 0 Å². The van der Waals surface area contributed by atoms with Crippen LogP contribution in [-0.4, -0.2) is 71.3 Å². The third-order valence-electron chi connectivity index (χ3n) is 5.05. The van der Waals surface area contributed by atoms with Crippen molar-refractivity contribution in [1.82, 2.24) is 26.0 Å². The number of hydrogen-bond acceptors (Lipinski definition) is 8. The molecule has 1 unspecified atom stereocenters. The molecule has 10 nitrogen and oxygen atoms in total. The van der Waals surface area contributed by atoms with E-state index in [2.05, 4.69) is 16.2 Å². The molecule has 0 radical (unpaired) electrons. The predicted molar refractivity (Wildman–Crippen MR) is 120 cm³/mol. The molecule has 2 heterocycles. The van der Waals surface area contributed by atoms with Crippen molar-refractivity contribution in [2.24, 2.45) is 0 Å². The number of rotatable bonds is 8. The monoisotopic (exact) mass is 447 g/mol. The van der Waals surface area contributed by atoms with Gasteiger partial charge in [-0.1, -0.05) is 5.57 Å². The quantitative estimate of drug-likeness (QED) is 0.210. The Morgan fingerprint density at radius 3 is 2.72 bits per heavy atom. The zero-order valence-corrected chi connectivity index (χ0v) is 19.0. The van der Waals surface area contributed by atoms with Crippen LogP contribution in [0, 0.1) is 0 Å². The van der Waals surface area contributed by atoms with Crippen LogP contribution in [0.1, 0.15) is 27.2 Å². The highest BCUT2D eigenvalue weighted by atomic mass is 16.5. The number of carbonyl (C=O) groups is 2. The molecule has 0 spiro atoms. The van der Waals surface area contributed by atoms with Crippen LogP contribution in [0.5, 0.6) is 0 Å². The highest BCUT2D eigenvalue weighted by molar-refractivity contribution is 5.79. The number of urea groups is 1. The number of aliphatic hydroxyl groups excluding tert-OH is 2. The van der Waals surface area contributed by atoms with Gasteiger partial charge in [0.2, 0.25) is 5.88 Å². The molecule has 2 atom stereocenters. The van der Waals surface area contributed by atoms with E-state index in [4.69, 9.17) is 9.84 Å². The molecule has 0 aromatic carbocycles. The molecule has 0 saturated carbocycles. The number of ether oxygens (including phenoxy) is 1. The van der Waals surface area contributed by atoms with Crippen LogP contribution in [0.2, 0.25) is 0 Å². The average molecular weight is 448 g/mol. The molecule has 176 valence electrons. The van der Waals surface area contributed by atoms with E-state index in [0.29, 0.717) is 17.3 Å². The third-order valence-corrected chi connectivity index (χ3v) is 5.05. The summed E-state index contributed by atoms with van der Waals surface area (Å²) in [6.07, 6.45) is 9.21. The maximum atomic E-state index is 13.0. The lowest BCUT2D eigenvalue weighted by molar-refractivity contribution is -0.104. The summed E-state index contributed by atoms with van der Waals surface area (Å²) in [5.74, 6) is 0.769. The van der Waals surface area contributed by atoms with E-state index in [-0.39, 0.29) is 18.7 Å². The van der Waals surface area contributed by atoms with E-state index < -0.39 is 12.7 Å².